The zero-order chi connectivity index (χ0) is 20.8. The van der Waals surface area contributed by atoms with Crippen molar-refractivity contribution in [3.8, 4) is 22.9 Å². The highest BCUT2D eigenvalue weighted by Gasteiger charge is 2.19. The summed E-state index contributed by atoms with van der Waals surface area (Å²) in [5, 5.41) is 8.85. The fourth-order valence-electron chi connectivity index (χ4n) is 2.79. The molecule has 0 fully saturated rings. The molecule has 0 amide bonds. The van der Waals surface area contributed by atoms with Gasteiger partial charge < -0.3 is 14.6 Å². The average molecular weight is 424 g/mol. The van der Waals surface area contributed by atoms with Crippen molar-refractivity contribution in [3.63, 3.8) is 0 Å². The SMILES string of the molecule is COc1ccc(-c2nsc(CF)c2COc2c(F)cc(CCCO)cc2F)cn1. The maximum absolute atomic E-state index is 14.3. The van der Waals surface area contributed by atoms with E-state index in [1.807, 2.05) is 0 Å². The zero-order valence-corrected chi connectivity index (χ0v) is 16.4. The highest BCUT2D eigenvalue weighted by Crippen LogP contribution is 2.32. The number of nitrogens with zero attached hydrogens (tertiary/aromatic N) is 2. The molecule has 2 heterocycles. The van der Waals surface area contributed by atoms with E-state index in [1.54, 1.807) is 12.1 Å². The first-order valence-corrected chi connectivity index (χ1v) is 9.60. The molecule has 3 aromatic rings. The Morgan fingerprint density at radius 1 is 1.17 bits per heavy atom. The van der Waals surface area contributed by atoms with Crippen LogP contribution in [-0.4, -0.2) is 28.2 Å². The summed E-state index contributed by atoms with van der Waals surface area (Å²) >= 11 is 0.961. The van der Waals surface area contributed by atoms with Crippen LogP contribution in [0.2, 0.25) is 0 Å². The second kappa shape index (κ2) is 9.71. The molecule has 0 saturated heterocycles. The number of rotatable bonds is 9. The number of aliphatic hydroxyl groups excluding tert-OH is 1. The zero-order valence-electron chi connectivity index (χ0n) is 15.6. The van der Waals surface area contributed by atoms with Crippen LogP contribution < -0.4 is 9.47 Å². The Labute approximate surface area is 169 Å². The quantitative estimate of drug-likeness (QED) is 0.549. The van der Waals surface area contributed by atoms with Gasteiger partial charge in [0.15, 0.2) is 17.4 Å². The lowest BCUT2D eigenvalue weighted by molar-refractivity contribution is 0.272. The molecule has 1 N–H and O–H groups in total. The first-order chi connectivity index (χ1) is 14.1. The minimum absolute atomic E-state index is 0.0678. The fourth-order valence-corrected chi connectivity index (χ4v) is 3.52. The molecule has 0 unspecified atom stereocenters. The third-order valence-electron chi connectivity index (χ3n) is 4.25. The second-order valence-electron chi connectivity index (χ2n) is 6.16. The van der Waals surface area contributed by atoms with Crippen molar-refractivity contribution in [2.75, 3.05) is 13.7 Å². The number of hydrogen-bond acceptors (Lipinski definition) is 6. The Balaban J connectivity index is 1.84. The number of methoxy groups -OCH3 is 1. The van der Waals surface area contributed by atoms with Gasteiger partial charge in [0.05, 0.1) is 17.7 Å². The molecular formula is C20H19F3N2O3S. The van der Waals surface area contributed by atoms with E-state index in [0.29, 0.717) is 46.0 Å². The van der Waals surface area contributed by atoms with Gasteiger partial charge >= 0.3 is 0 Å². The number of aryl methyl sites for hydroxylation is 1. The third kappa shape index (κ3) is 4.86. The van der Waals surface area contributed by atoms with Crippen LogP contribution in [0.3, 0.4) is 0 Å². The Morgan fingerprint density at radius 2 is 1.93 bits per heavy atom. The normalized spacial score (nSPS) is 10.9. The van der Waals surface area contributed by atoms with Crippen molar-refractivity contribution < 1.29 is 27.8 Å². The molecule has 0 spiro atoms. The van der Waals surface area contributed by atoms with Crippen LogP contribution in [0.15, 0.2) is 30.5 Å². The van der Waals surface area contributed by atoms with Gasteiger partial charge in [0.2, 0.25) is 5.88 Å². The predicted molar refractivity (Wildman–Crippen MR) is 103 cm³/mol. The highest BCUT2D eigenvalue weighted by molar-refractivity contribution is 7.06. The van der Waals surface area contributed by atoms with Gasteiger partial charge in [0, 0.05) is 30.0 Å². The lowest BCUT2D eigenvalue weighted by Crippen LogP contribution is -2.04. The average Bonchev–Trinajstić information content (AvgIpc) is 3.14. The third-order valence-corrected chi connectivity index (χ3v) is 5.10. The van der Waals surface area contributed by atoms with E-state index in [9.17, 15) is 13.2 Å². The molecule has 0 bridgehead atoms. The number of halogens is 3. The molecule has 3 rings (SSSR count). The van der Waals surface area contributed by atoms with E-state index in [1.165, 1.54) is 25.4 Å². The summed E-state index contributed by atoms with van der Waals surface area (Å²) in [5.74, 6) is -1.82. The van der Waals surface area contributed by atoms with Crippen LogP contribution in [0.1, 0.15) is 22.4 Å². The topological polar surface area (TPSA) is 64.5 Å². The monoisotopic (exact) mass is 424 g/mol. The molecule has 0 aliphatic carbocycles. The molecule has 154 valence electrons. The molecule has 9 heteroatoms. The van der Waals surface area contributed by atoms with Crippen LogP contribution in [0.4, 0.5) is 13.2 Å². The second-order valence-corrected chi connectivity index (χ2v) is 7.02. The standard InChI is InChI=1S/C20H19F3N2O3S/c1-27-18-5-4-13(10-24-18)19-14(17(9-21)29-25-19)11-28-20-15(22)7-12(3-2-6-26)8-16(20)23/h4-5,7-8,10,26H,2-3,6,9,11H2,1H3. The molecule has 0 radical (unpaired) electrons. The molecule has 2 aromatic heterocycles. The van der Waals surface area contributed by atoms with E-state index < -0.39 is 24.1 Å². The van der Waals surface area contributed by atoms with Gasteiger partial charge in [-0.05, 0) is 48.1 Å². The maximum Gasteiger partial charge on any atom is 0.212 e. The van der Waals surface area contributed by atoms with Gasteiger partial charge in [0.25, 0.3) is 0 Å². The molecule has 0 atom stereocenters. The summed E-state index contributed by atoms with van der Waals surface area (Å²) in [6.45, 7) is -1.09. The number of ether oxygens (including phenoxy) is 2. The smallest absolute Gasteiger partial charge is 0.212 e. The largest absolute Gasteiger partial charge is 0.483 e. The van der Waals surface area contributed by atoms with E-state index in [-0.39, 0.29) is 13.2 Å². The van der Waals surface area contributed by atoms with E-state index >= 15 is 0 Å². The van der Waals surface area contributed by atoms with Gasteiger partial charge in [-0.25, -0.2) is 18.2 Å². The van der Waals surface area contributed by atoms with Crippen molar-refractivity contribution in [1.29, 1.82) is 0 Å². The number of pyridine rings is 1. The Morgan fingerprint density at radius 3 is 2.52 bits per heavy atom. The summed E-state index contributed by atoms with van der Waals surface area (Å²) in [5.41, 5.74) is 1.89. The number of aliphatic hydroxyl groups is 1. The van der Waals surface area contributed by atoms with Gasteiger partial charge in [-0.15, -0.1) is 0 Å². The number of hydrogen-bond donors (Lipinski definition) is 1. The predicted octanol–water partition coefficient (Wildman–Crippen LogP) is 4.47. The Hall–Kier alpha value is -2.65. The fraction of sp³-hybridized carbons (Fsp3) is 0.300. The van der Waals surface area contributed by atoms with Crippen molar-refractivity contribution in [1.82, 2.24) is 9.36 Å². The summed E-state index contributed by atoms with van der Waals surface area (Å²) in [6, 6.07) is 5.69. The van der Waals surface area contributed by atoms with Crippen LogP contribution in [-0.2, 0) is 19.7 Å². The first-order valence-electron chi connectivity index (χ1n) is 8.82. The molecule has 0 aliphatic heterocycles. The molecular weight excluding hydrogens is 405 g/mol. The summed E-state index contributed by atoms with van der Waals surface area (Å²) in [4.78, 5) is 4.42. The van der Waals surface area contributed by atoms with E-state index in [4.69, 9.17) is 14.6 Å². The molecule has 0 saturated carbocycles. The molecule has 5 nitrogen and oxygen atoms in total. The number of aromatic nitrogens is 2. The Kier molecular flexibility index (Phi) is 7.05. The lowest BCUT2D eigenvalue weighted by atomic mass is 10.1. The van der Waals surface area contributed by atoms with Gasteiger partial charge in [-0.2, -0.15) is 4.37 Å². The van der Waals surface area contributed by atoms with Crippen molar-refractivity contribution in [2.45, 2.75) is 26.1 Å². The van der Waals surface area contributed by atoms with Gasteiger partial charge in [-0.1, -0.05) is 0 Å². The lowest BCUT2D eigenvalue weighted by Gasteiger charge is -2.11. The molecule has 29 heavy (non-hydrogen) atoms. The summed E-state index contributed by atoms with van der Waals surface area (Å²) in [6.07, 6.45) is 2.27. The van der Waals surface area contributed by atoms with Gasteiger partial charge in [-0.3, -0.25) is 0 Å². The Bertz CT molecular complexity index is 941. The van der Waals surface area contributed by atoms with Crippen LogP contribution in [0, 0.1) is 11.6 Å². The minimum atomic E-state index is -0.851. The minimum Gasteiger partial charge on any atom is -0.483 e. The maximum atomic E-state index is 14.3. The van der Waals surface area contributed by atoms with Crippen LogP contribution >= 0.6 is 11.5 Å². The van der Waals surface area contributed by atoms with E-state index in [0.717, 1.165) is 11.5 Å². The van der Waals surface area contributed by atoms with Crippen molar-refractivity contribution >= 4 is 11.5 Å². The van der Waals surface area contributed by atoms with Gasteiger partial charge in [0.1, 0.15) is 13.3 Å². The van der Waals surface area contributed by atoms with Crippen LogP contribution in [0.5, 0.6) is 11.6 Å². The summed E-state index contributed by atoms with van der Waals surface area (Å²) in [7, 11) is 1.49. The molecule has 0 aliphatic rings. The van der Waals surface area contributed by atoms with Crippen molar-refractivity contribution in [2.24, 2.45) is 0 Å². The van der Waals surface area contributed by atoms with E-state index in [2.05, 4.69) is 9.36 Å². The molecule has 1 aromatic carbocycles. The number of alkyl halides is 1. The number of benzene rings is 1. The summed E-state index contributed by atoms with van der Waals surface area (Å²) < 4.78 is 56.7. The first kappa shape index (κ1) is 21.1. The highest BCUT2D eigenvalue weighted by atomic mass is 32.1. The van der Waals surface area contributed by atoms with Crippen molar-refractivity contribution in [3.05, 3.63) is 58.1 Å². The van der Waals surface area contributed by atoms with Crippen LogP contribution in [0.25, 0.3) is 11.3 Å².